The van der Waals surface area contributed by atoms with Crippen LogP contribution in [-0.4, -0.2) is 6.61 Å². The van der Waals surface area contributed by atoms with E-state index in [2.05, 4.69) is 48.0 Å². The summed E-state index contributed by atoms with van der Waals surface area (Å²) in [5.74, 6) is 0.865. The molecule has 0 aromatic heterocycles. The monoisotopic (exact) mass is 352 g/mol. The van der Waals surface area contributed by atoms with Gasteiger partial charge in [-0.15, -0.1) is 11.6 Å². The lowest BCUT2D eigenvalue weighted by atomic mass is 10.0. The topological polar surface area (TPSA) is 9.23 Å². The van der Waals surface area contributed by atoms with E-state index in [0.29, 0.717) is 0 Å². The molecule has 0 saturated heterocycles. The van der Waals surface area contributed by atoms with E-state index in [9.17, 15) is 0 Å². The standard InChI is InChI=1S/C17H18BrClO/c1-3-9-20-16-8-7-14(11-15(16)18)17(19)13-6-4-5-12(2)10-13/h4-8,10-11,17H,3,9H2,1-2H3. The summed E-state index contributed by atoms with van der Waals surface area (Å²) in [5, 5.41) is -0.147. The second kappa shape index (κ2) is 7.14. The van der Waals surface area contributed by atoms with E-state index >= 15 is 0 Å². The van der Waals surface area contributed by atoms with E-state index in [1.807, 2.05) is 24.3 Å². The van der Waals surface area contributed by atoms with Crippen LogP contribution < -0.4 is 4.74 Å². The summed E-state index contributed by atoms with van der Waals surface area (Å²) in [6.45, 7) is 4.89. The highest BCUT2D eigenvalue weighted by Crippen LogP contribution is 2.34. The van der Waals surface area contributed by atoms with Crippen molar-refractivity contribution in [1.82, 2.24) is 0 Å². The van der Waals surface area contributed by atoms with Crippen LogP contribution >= 0.6 is 27.5 Å². The molecule has 0 spiro atoms. The Morgan fingerprint density at radius 3 is 2.55 bits per heavy atom. The zero-order valence-corrected chi connectivity index (χ0v) is 14.0. The van der Waals surface area contributed by atoms with Gasteiger partial charge in [0.2, 0.25) is 0 Å². The lowest BCUT2D eigenvalue weighted by molar-refractivity contribution is 0.315. The minimum absolute atomic E-state index is 0.147. The number of hydrogen-bond donors (Lipinski definition) is 0. The minimum Gasteiger partial charge on any atom is -0.492 e. The van der Waals surface area contributed by atoms with E-state index in [1.54, 1.807) is 0 Å². The number of rotatable bonds is 5. The van der Waals surface area contributed by atoms with Crippen molar-refractivity contribution in [2.24, 2.45) is 0 Å². The first kappa shape index (κ1) is 15.4. The molecule has 106 valence electrons. The van der Waals surface area contributed by atoms with Crippen LogP contribution in [0.1, 0.15) is 35.4 Å². The number of alkyl halides is 1. The van der Waals surface area contributed by atoms with Gasteiger partial charge in [-0.1, -0.05) is 42.8 Å². The van der Waals surface area contributed by atoms with Gasteiger partial charge in [-0.25, -0.2) is 0 Å². The molecule has 0 bridgehead atoms. The first-order valence-electron chi connectivity index (χ1n) is 6.74. The first-order chi connectivity index (χ1) is 9.61. The van der Waals surface area contributed by atoms with Crippen molar-refractivity contribution in [1.29, 1.82) is 0 Å². The van der Waals surface area contributed by atoms with Crippen molar-refractivity contribution < 1.29 is 4.74 Å². The quantitative estimate of drug-likeness (QED) is 0.610. The highest BCUT2D eigenvalue weighted by atomic mass is 79.9. The average Bonchev–Trinajstić information content (AvgIpc) is 2.45. The molecule has 2 aromatic rings. The summed E-state index contributed by atoms with van der Waals surface area (Å²) in [4.78, 5) is 0. The van der Waals surface area contributed by atoms with Crippen LogP contribution in [0.3, 0.4) is 0 Å². The number of halogens is 2. The number of hydrogen-bond acceptors (Lipinski definition) is 1. The van der Waals surface area contributed by atoms with Crippen LogP contribution in [0.2, 0.25) is 0 Å². The molecule has 0 aliphatic carbocycles. The highest BCUT2D eigenvalue weighted by molar-refractivity contribution is 9.10. The Bertz CT molecular complexity index is 583. The molecule has 0 heterocycles. The SMILES string of the molecule is CCCOc1ccc(C(Cl)c2cccc(C)c2)cc1Br. The van der Waals surface area contributed by atoms with Gasteiger partial charge >= 0.3 is 0 Å². The van der Waals surface area contributed by atoms with Crippen molar-refractivity contribution in [3.8, 4) is 5.75 Å². The average molecular weight is 354 g/mol. The molecule has 0 amide bonds. The molecule has 20 heavy (non-hydrogen) atoms. The molecule has 1 atom stereocenters. The van der Waals surface area contributed by atoms with Gasteiger partial charge < -0.3 is 4.74 Å². The molecule has 1 nitrogen and oxygen atoms in total. The minimum atomic E-state index is -0.147. The Morgan fingerprint density at radius 1 is 1.15 bits per heavy atom. The molecule has 2 rings (SSSR count). The third-order valence-corrected chi connectivity index (χ3v) is 4.17. The third-order valence-electron chi connectivity index (χ3n) is 3.05. The summed E-state index contributed by atoms with van der Waals surface area (Å²) in [6, 6.07) is 14.3. The third kappa shape index (κ3) is 3.77. The zero-order chi connectivity index (χ0) is 14.5. The second-order valence-electron chi connectivity index (χ2n) is 4.82. The van der Waals surface area contributed by atoms with Gasteiger partial charge in [-0.3, -0.25) is 0 Å². The highest BCUT2D eigenvalue weighted by Gasteiger charge is 2.13. The van der Waals surface area contributed by atoms with Crippen LogP contribution in [0.25, 0.3) is 0 Å². The van der Waals surface area contributed by atoms with Gasteiger partial charge in [0.25, 0.3) is 0 Å². The fourth-order valence-electron chi connectivity index (χ4n) is 2.02. The van der Waals surface area contributed by atoms with Crippen molar-refractivity contribution >= 4 is 27.5 Å². The number of benzene rings is 2. The first-order valence-corrected chi connectivity index (χ1v) is 7.97. The Morgan fingerprint density at radius 2 is 1.90 bits per heavy atom. The molecule has 2 aromatic carbocycles. The van der Waals surface area contributed by atoms with E-state index < -0.39 is 0 Å². The molecular formula is C17H18BrClO. The molecule has 0 saturated carbocycles. The van der Waals surface area contributed by atoms with Crippen LogP contribution in [0.5, 0.6) is 5.75 Å². The van der Waals surface area contributed by atoms with Gasteiger partial charge in [-0.05, 0) is 52.5 Å². The summed E-state index contributed by atoms with van der Waals surface area (Å²) in [6.07, 6.45) is 0.996. The second-order valence-corrected chi connectivity index (χ2v) is 6.11. The molecule has 0 aliphatic heterocycles. The maximum Gasteiger partial charge on any atom is 0.133 e. The summed E-state index contributed by atoms with van der Waals surface area (Å²) >= 11 is 10.1. The van der Waals surface area contributed by atoms with E-state index in [1.165, 1.54) is 5.56 Å². The summed E-state index contributed by atoms with van der Waals surface area (Å²) in [7, 11) is 0. The fraction of sp³-hybridized carbons (Fsp3) is 0.294. The number of ether oxygens (including phenoxy) is 1. The van der Waals surface area contributed by atoms with Gasteiger partial charge in [-0.2, -0.15) is 0 Å². The molecule has 3 heteroatoms. The van der Waals surface area contributed by atoms with Crippen LogP contribution in [-0.2, 0) is 0 Å². The van der Waals surface area contributed by atoms with Gasteiger partial charge in [0.15, 0.2) is 0 Å². The Kier molecular flexibility index (Phi) is 5.50. The van der Waals surface area contributed by atoms with Crippen LogP contribution in [0, 0.1) is 6.92 Å². The maximum atomic E-state index is 6.57. The van der Waals surface area contributed by atoms with Crippen molar-refractivity contribution in [2.75, 3.05) is 6.61 Å². The van der Waals surface area contributed by atoms with Gasteiger partial charge in [0.05, 0.1) is 16.5 Å². The zero-order valence-electron chi connectivity index (χ0n) is 11.7. The summed E-state index contributed by atoms with van der Waals surface area (Å²) in [5.41, 5.74) is 3.39. The molecule has 0 N–H and O–H groups in total. The van der Waals surface area contributed by atoms with Crippen molar-refractivity contribution in [2.45, 2.75) is 25.6 Å². The van der Waals surface area contributed by atoms with Gasteiger partial charge in [0, 0.05) is 0 Å². The Hall–Kier alpha value is -0.990. The molecule has 1 unspecified atom stereocenters. The maximum absolute atomic E-state index is 6.57. The summed E-state index contributed by atoms with van der Waals surface area (Å²) < 4.78 is 6.60. The predicted octanol–water partition coefficient (Wildman–Crippen LogP) is 5.87. The Labute approximate surface area is 134 Å². The molecule has 0 radical (unpaired) electrons. The number of aryl methyl sites for hydroxylation is 1. The Balaban J connectivity index is 2.22. The van der Waals surface area contributed by atoms with Crippen LogP contribution in [0.4, 0.5) is 0 Å². The van der Waals surface area contributed by atoms with E-state index in [-0.39, 0.29) is 5.38 Å². The van der Waals surface area contributed by atoms with E-state index in [4.69, 9.17) is 16.3 Å². The molecule has 0 aliphatic rings. The smallest absolute Gasteiger partial charge is 0.133 e. The fourth-order valence-corrected chi connectivity index (χ4v) is 2.81. The lowest BCUT2D eigenvalue weighted by Gasteiger charge is -2.13. The lowest BCUT2D eigenvalue weighted by Crippen LogP contribution is -1.98. The van der Waals surface area contributed by atoms with Crippen molar-refractivity contribution in [3.63, 3.8) is 0 Å². The molecule has 0 fully saturated rings. The molecular weight excluding hydrogens is 336 g/mol. The normalized spacial score (nSPS) is 12.2. The van der Waals surface area contributed by atoms with E-state index in [0.717, 1.165) is 34.4 Å². The van der Waals surface area contributed by atoms with Crippen molar-refractivity contribution in [3.05, 3.63) is 63.6 Å². The van der Waals surface area contributed by atoms with Gasteiger partial charge in [0.1, 0.15) is 5.75 Å². The van der Waals surface area contributed by atoms with Crippen LogP contribution in [0.15, 0.2) is 46.9 Å². The largest absolute Gasteiger partial charge is 0.492 e. The predicted molar refractivity (Wildman–Crippen MR) is 88.8 cm³/mol.